The van der Waals surface area contributed by atoms with Gasteiger partial charge in [0.25, 0.3) is 0 Å². The summed E-state index contributed by atoms with van der Waals surface area (Å²) in [6.07, 6.45) is 0. The maximum absolute atomic E-state index is 12.4. The van der Waals surface area contributed by atoms with Crippen LogP contribution in [0.5, 0.6) is 0 Å². The van der Waals surface area contributed by atoms with Crippen molar-refractivity contribution in [2.45, 2.75) is 10.9 Å². The fourth-order valence-corrected chi connectivity index (χ4v) is 4.66. The van der Waals surface area contributed by atoms with Crippen molar-refractivity contribution in [3.05, 3.63) is 58.6 Å². The third-order valence-electron chi connectivity index (χ3n) is 3.48. The molecular formula is C15H12Cl2N2O3S. The van der Waals surface area contributed by atoms with E-state index in [2.05, 4.69) is 4.72 Å². The summed E-state index contributed by atoms with van der Waals surface area (Å²) in [5, 5.41) is 0.0216. The number of hydrogen-bond donors (Lipinski definition) is 1. The highest BCUT2D eigenvalue weighted by atomic mass is 35.5. The Labute approximate surface area is 143 Å². The van der Waals surface area contributed by atoms with Crippen LogP contribution in [0.25, 0.3) is 0 Å². The van der Waals surface area contributed by atoms with Crippen LogP contribution in [0.15, 0.2) is 53.4 Å². The number of β-lactam (4-membered cyclic amide) rings is 1. The zero-order chi connectivity index (χ0) is 16.6. The fraction of sp³-hybridized carbons (Fsp3) is 0.133. The van der Waals surface area contributed by atoms with Crippen LogP contribution < -0.4 is 9.62 Å². The molecule has 1 N–H and O–H groups in total. The molecule has 1 atom stereocenters. The maximum atomic E-state index is 12.4. The lowest BCUT2D eigenvalue weighted by Crippen LogP contribution is -2.64. The second-order valence-electron chi connectivity index (χ2n) is 5.01. The van der Waals surface area contributed by atoms with Crippen molar-refractivity contribution in [2.24, 2.45) is 0 Å². The van der Waals surface area contributed by atoms with Crippen LogP contribution >= 0.6 is 23.2 Å². The van der Waals surface area contributed by atoms with Crippen molar-refractivity contribution in [3.63, 3.8) is 0 Å². The highest BCUT2D eigenvalue weighted by Crippen LogP contribution is 2.30. The summed E-state index contributed by atoms with van der Waals surface area (Å²) < 4.78 is 27.2. The number of amides is 1. The molecule has 1 saturated heterocycles. The lowest BCUT2D eigenvalue weighted by atomic mass is 10.1. The van der Waals surface area contributed by atoms with Crippen LogP contribution in [0.1, 0.15) is 0 Å². The zero-order valence-corrected chi connectivity index (χ0v) is 14.1. The Bertz CT molecular complexity index is 836. The molecule has 0 saturated carbocycles. The minimum atomic E-state index is -3.98. The molecule has 8 heteroatoms. The van der Waals surface area contributed by atoms with Crippen molar-refractivity contribution in [1.82, 2.24) is 4.72 Å². The van der Waals surface area contributed by atoms with Crippen molar-refractivity contribution in [2.75, 3.05) is 11.4 Å². The molecule has 120 valence electrons. The molecule has 1 heterocycles. The number of sulfonamides is 1. The summed E-state index contributed by atoms with van der Waals surface area (Å²) in [7, 11) is -3.98. The van der Waals surface area contributed by atoms with E-state index in [4.69, 9.17) is 23.2 Å². The Hall–Kier alpha value is -1.60. The summed E-state index contributed by atoms with van der Waals surface area (Å²) in [5.41, 5.74) is 0.726. The number of carbonyl (C=O) groups is 1. The third kappa shape index (κ3) is 3.07. The molecule has 2 aromatic carbocycles. The molecule has 0 spiro atoms. The Kier molecular flexibility index (Phi) is 4.33. The quantitative estimate of drug-likeness (QED) is 0.841. The number of para-hydroxylation sites is 1. The Morgan fingerprint density at radius 3 is 2.17 bits per heavy atom. The minimum Gasteiger partial charge on any atom is -0.309 e. The number of anilines is 1. The van der Waals surface area contributed by atoms with Crippen molar-refractivity contribution in [3.8, 4) is 0 Å². The highest BCUT2D eigenvalue weighted by Gasteiger charge is 2.41. The van der Waals surface area contributed by atoms with Gasteiger partial charge in [0.2, 0.25) is 15.9 Å². The lowest BCUT2D eigenvalue weighted by molar-refractivity contribution is -0.124. The molecule has 0 radical (unpaired) electrons. The molecule has 0 aliphatic carbocycles. The van der Waals surface area contributed by atoms with Crippen LogP contribution in [0.4, 0.5) is 5.69 Å². The van der Waals surface area contributed by atoms with Gasteiger partial charge in [-0.3, -0.25) is 4.79 Å². The van der Waals surface area contributed by atoms with E-state index in [-0.39, 0.29) is 27.4 Å². The van der Waals surface area contributed by atoms with Gasteiger partial charge >= 0.3 is 0 Å². The van der Waals surface area contributed by atoms with Gasteiger partial charge in [0, 0.05) is 5.69 Å². The van der Waals surface area contributed by atoms with Crippen LogP contribution in [-0.2, 0) is 14.8 Å². The van der Waals surface area contributed by atoms with Gasteiger partial charge in [-0.05, 0) is 24.3 Å². The van der Waals surface area contributed by atoms with Gasteiger partial charge in [0.1, 0.15) is 10.9 Å². The summed E-state index contributed by atoms with van der Waals surface area (Å²) in [4.78, 5) is 13.5. The normalized spacial score (nSPS) is 17.9. The van der Waals surface area contributed by atoms with E-state index in [1.54, 1.807) is 18.2 Å². The van der Waals surface area contributed by atoms with Crippen LogP contribution in [0.2, 0.25) is 10.0 Å². The maximum Gasteiger partial charge on any atom is 0.247 e. The van der Waals surface area contributed by atoms with Gasteiger partial charge in [0.05, 0.1) is 16.6 Å². The molecule has 0 bridgehead atoms. The molecule has 1 aliphatic rings. The SMILES string of the molecule is O=C1[C@@H](NS(=O)(=O)c2c(Cl)cccc2Cl)CN1c1ccccc1. The molecule has 0 aromatic heterocycles. The molecule has 23 heavy (non-hydrogen) atoms. The smallest absolute Gasteiger partial charge is 0.247 e. The molecule has 0 unspecified atom stereocenters. The number of carbonyl (C=O) groups excluding carboxylic acids is 1. The Balaban J connectivity index is 1.78. The molecule has 1 aliphatic heterocycles. The number of nitrogens with one attached hydrogen (secondary N) is 1. The molecular weight excluding hydrogens is 359 g/mol. The van der Waals surface area contributed by atoms with Crippen molar-refractivity contribution >= 4 is 44.8 Å². The number of hydrogen-bond acceptors (Lipinski definition) is 3. The summed E-state index contributed by atoms with van der Waals surface area (Å²) in [6, 6.07) is 12.6. The largest absolute Gasteiger partial charge is 0.309 e. The van der Waals surface area contributed by atoms with Crippen LogP contribution in [-0.4, -0.2) is 26.9 Å². The molecule has 3 rings (SSSR count). The van der Waals surface area contributed by atoms with Gasteiger partial charge in [-0.15, -0.1) is 0 Å². The first-order chi connectivity index (χ1) is 10.9. The van der Waals surface area contributed by atoms with E-state index in [0.29, 0.717) is 0 Å². The number of rotatable bonds is 4. The number of nitrogens with zero attached hydrogens (tertiary/aromatic N) is 1. The fourth-order valence-electron chi connectivity index (χ4n) is 2.34. The Morgan fingerprint density at radius 2 is 1.61 bits per heavy atom. The topological polar surface area (TPSA) is 66.5 Å². The monoisotopic (exact) mass is 370 g/mol. The summed E-state index contributed by atoms with van der Waals surface area (Å²) in [5.74, 6) is -0.317. The first kappa shape index (κ1) is 16.3. The van der Waals surface area contributed by atoms with E-state index in [9.17, 15) is 13.2 Å². The number of benzene rings is 2. The Morgan fingerprint density at radius 1 is 1.00 bits per heavy atom. The predicted molar refractivity (Wildman–Crippen MR) is 89.4 cm³/mol. The number of halogens is 2. The summed E-state index contributed by atoms with van der Waals surface area (Å²) in [6.45, 7) is 0.254. The third-order valence-corrected chi connectivity index (χ3v) is 5.91. The highest BCUT2D eigenvalue weighted by molar-refractivity contribution is 7.89. The van der Waals surface area contributed by atoms with Crippen LogP contribution in [0, 0.1) is 0 Å². The molecule has 1 fully saturated rings. The van der Waals surface area contributed by atoms with Gasteiger partial charge in [-0.2, -0.15) is 4.72 Å². The second-order valence-corrected chi connectivity index (χ2v) is 7.47. The van der Waals surface area contributed by atoms with E-state index >= 15 is 0 Å². The molecule has 2 aromatic rings. The minimum absolute atomic E-state index is 0.0108. The molecule has 1 amide bonds. The van der Waals surface area contributed by atoms with Gasteiger partial charge < -0.3 is 4.90 Å². The average Bonchev–Trinajstić information content (AvgIpc) is 2.51. The lowest BCUT2D eigenvalue weighted by Gasteiger charge is -2.38. The second kappa shape index (κ2) is 6.13. The van der Waals surface area contributed by atoms with E-state index in [1.807, 2.05) is 18.2 Å². The van der Waals surface area contributed by atoms with Gasteiger partial charge in [0.15, 0.2) is 0 Å². The standard InChI is InChI=1S/C15H12Cl2N2O3S/c16-11-7-4-8-12(17)14(11)23(21,22)18-13-9-19(15(13)20)10-5-2-1-3-6-10/h1-8,13,18H,9H2/t13-/m0/s1. The first-order valence-corrected chi connectivity index (χ1v) is 8.97. The van der Waals surface area contributed by atoms with Crippen molar-refractivity contribution < 1.29 is 13.2 Å². The summed E-state index contributed by atoms with van der Waals surface area (Å²) >= 11 is 11.8. The predicted octanol–water partition coefficient (Wildman–Crippen LogP) is 2.69. The van der Waals surface area contributed by atoms with E-state index in [1.165, 1.54) is 17.0 Å². The zero-order valence-electron chi connectivity index (χ0n) is 11.7. The van der Waals surface area contributed by atoms with Crippen molar-refractivity contribution in [1.29, 1.82) is 0 Å². The average molecular weight is 371 g/mol. The van der Waals surface area contributed by atoms with Gasteiger partial charge in [-0.1, -0.05) is 47.5 Å². The van der Waals surface area contributed by atoms with Crippen LogP contribution in [0.3, 0.4) is 0 Å². The van der Waals surface area contributed by atoms with E-state index < -0.39 is 16.1 Å². The van der Waals surface area contributed by atoms with E-state index in [0.717, 1.165) is 5.69 Å². The van der Waals surface area contributed by atoms with Gasteiger partial charge in [-0.25, -0.2) is 8.42 Å². The first-order valence-electron chi connectivity index (χ1n) is 6.73. The molecule has 5 nitrogen and oxygen atoms in total.